The number of carbonyl (C=O) groups excluding carboxylic acids is 1. The van der Waals surface area contributed by atoms with Crippen molar-refractivity contribution >= 4 is 23.3 Å². The van der Waals surface area contributed by atoms with Gasteiger partial charge in [-0.25, -0.2) is 4.98 Å². The number of hydrogen-bond acceptors (Lipinski definition) is 4. The first-order valence-electron chi connectivity index (χ1n) is 7.82. The van der Waals surface area contributed by atoms with Crippen molar-refractivity contribution < 1.29 is 9.53 Å². The van der Waals surface area contributed by atoms with Crippen molar-refractivity contribution in [3.05, 3.63) is 87.4 Å². The van der Waals surface area contributed by atoms with Crippen molar-refractivity contribution in [1.29, 1.82) is 0 Å². The maximum Gasteiger partial charge on any atom is 0.258 e. The SMILES string of the molecule is Cn1cc(C(=O)Nc2ccc(OCc3cccc(Cl)c3)cn2)ccc1=O. The summed E-state index contributed by atoms with van der Waals surface area (Å²) in [6.07, 6.45) is 3.00. The standard InChI is InChI=1S/C19H16ClN3O3/c1-23-11-14(5-8-18(23)24)19(25)22-17-7-6-16(10-21-17)26-12-13-3-2-4-15(20)9-13/h2-11H,12H2,1H3,(H,21,22,25). The summed E-state index contributed by atoms with van der Waals surface area (Å²) in [7, 11) is 1.59. The number of nitrogens with zero attached hydrogens (tertiary/aromatic N) is 2. The number of aryl methyl sites for hydroxylation is 1. The molecule has 7 heteroatoms. The van der Waals surface area contributed by atoms with Gasteiger partial charge in [-0.15, -0.1) is 0 Å². The third kappa shape index (κ3) is 4.49. The number of benzene rings is 1. The Kier molecular flexibility index (Phi) is 5.34. The highest BCUT2D eigenvalue weighted by atomic mass is 35.5. The minimum Gasteiger partial charge on any atom is -0.487 e. The molecule has 2 heterocycles. The molecule has 26 heavy (non-hydrogen) atoms. The smallest absolute Gasteiger partial charge is 0.258 e. The molecule has 0 radical (unpaired) electrons. The number of halogens is 1. The van der Waals surface area contributed by atoms with Gasteiger partial charge < -0.3 is 14.6 Å². The molecule has 0 aliphatic rings. The average Bonchev–Trinajstić information content (AvgIpc) is 2.63. The zero-order valence-corrected chi connectivity index (χ0v) is 14.7. The van der Waals surface area contributed by atoms with Crippen LogP contribution >= 0.6 is 11.6 Å². The van der Waals surface area contributed by atoms with E-state index in [-0.39, 0.29) is 11.5 Å². The third-order valence-corrected chi connectivity index (χ3v) is 3.86. The fourth-order valence-electron chi connectivity index (χ4n) is 2.25. The summed E-state index contributed by atoms with van der Waals surface area (Å²) in [6.45, 7) is 0.367. The summed E-state index contributed by atoms with van der Waals surface area (Å²) in [6, 6.07) is 13.6. The number of amides is 1. The predicted molar refractivity (Wildman–Crippen MR) is 99.7 cm³/mol. The van der Waals surface area contributed by atoms with Gasteiger partial charge in [-0.1, -0.05) is 23.7 Å². The fraction of sp³-hybridized carbons (Fsp3) is 0.105. The third-order valence-electron chi connectivity index (χ3n) is 3.62. The monoisotopic (exact) mass is 369 g/mol. The van der Waals surface area contributed by atoms with Crippen LogP contribution in [0.25, 0.3) is 0 Å². The van der Waals surface area contributed by atoms with Crippen LogP contribution in [-0.2, 0) is 13.7 Å². The summed E-state index contributed by atoms with van der Waals surface area (Å²) in [5, 5.41) is 3.33. The van der Waals surface area contributed by atoms with Gasteiger partial charge >= 0.3 is 0 Å². The Hall–Kier alpha value is -3.12. The molecule has 3 aromatic rings. The van der Waals surface area contributed by atoms with E-state index >= 15 is 0 Å². The molecule has 0 bridgehead atoms. The molecule has 1 N–H and O–H groups in total. The van der Waals surface area contributed by atoms with E-state index in [1.54, 1.807) is 25.2 Å². The molecule has 0 fully saturated rings. The largest absolute Gasteiger partial charge is 0.487 e. The van der Waals surface area contributed by atoms with Gasteiger partial charge in [0.2, 0.25) is 5.56 Å². The summed E-state index contributed by atoms with van der Waals surface area (Å²) in [4.78, 5) is 27.7. The predicted octanol–water partition coefficient (Wildman–Crippen LogP) is 3.27. The van der Waals surface area contributed by atoms with Crippen LogP contribution in [0, 0.1) is 0 Å². The molecule has 0 aliphatic carbocycles. The van der Waals surface area contributed by atoms with E-state index in [9.17, 15) is 9.59 Å². The van der Waals surface area contributed by atoms with Gasteiger partial charge in [0.15, 0.2) is 0 Å². The normalized spacial score (nSPS) is 10.4. The Morgan fingerprint density at radius 1 is 1.23 bits per heavy atom. The molecule has 0 unspecified atom stereocenters. The highest BCUT2D eigenvalue weighted by Gasteiger charge is 2.08. The van der Waals surface area contributed by atoms with Crippen LogP contribution in [-0.4, -0.2) is 15.5 Å². The highest BCUT2D eigenvalue weighted by Crippen LogP contribution is 2.16. The molecule has 2 aromatic heterocycles. The van der Waals surface area contributed by atoms with Crippen molar-refractivity contribution in [2.75, 3.05) is 5.32 Å². The molecule has 0 spiro atoms. The van der Waals surface area contributed by atoms with Crippen molar-refractivity contribution in [1.82, 2.24) is 9.55 Å². The van der Waals surface area contributed by atoms with Crippen LogP contribution in [0.3, 0.4) is 0 Å². The Labute approximate surface area is 155 Å². The molecule has 0 atom stereocenters. The molecular formula is C19H16ClN3O3. The summed E-state index contributed by atoms with van der Waals surface area (Å²) >= 11 is 5.94. The number of aromatic nitrogens is 2. The molecule has 6 nitrogen and oxygen atoms in total. The lowest BCUT2D eigenvalue weighted by molar-refractivity contribution is 0.102. The molecular weight excluding hydrogens is 354 g/mol. The zero-order valence-electron chi connectivity index (χ0n) is 14.0. The van der Waals surface area contributed by atoms with E-state index in [2.05, 4.69) is 10.3 Å². The fourth-order valence-corrected chi connectivity index (χ4v) is 2.46. The van der Waals surface area contributed by atoms with E-state index in [0.29, 0.717) is 28.8 Å². The number of nitrogens with one attached hydrogen (secondary N) is 1. The lowest BCUT2D eigenvalue weighted by atomic mass is 10.2. The minimum atomic E-state index is -0.347. The van der Waals surface area contributed by atoms with Crippen LogP contribution in [0.1, 0.15) is 15.9 Å². The first kappa shape index (κ1) is 17.7. The van der Waals surface area contributed by atoms with Gasteiger partial charge in [0.1, 0.15) is 18.2 Å². The molecule has 0 saturated carbocycles. The topological polar surface area (TPSA) is 73.2 Å². The van der Waals surface area contributed by atoms with Gasteiger partial charge in [0, 0.05) is 24.3 Å². The second kappa shape index (κ2) is 7.84. The Balaban J connectivity index is 1.61. The van der Waals surface area contributed by atoms with Gasteiger partial charge in [-0.05, 0) is 35.9 Å². The van der Waals surface area contributed by atoms with Crippen LogP contribution in [0.5, 0.6) is 5.75 Å². The molecule has 1 aromatic carbocycles. The number of pyridine rings is 2. The molecule has 3 rings (SSSR count). The Bertz CT molecular complexity index is 984. The maximum absolute atomic E-state index is 12.2. The summed E-state index contributed by atoms with van der Waals surface area (Å²) < 4.78 is 6.99. The van der Waals surface area contributed by atoms with Crippen LogP contribution in [0.15, 0.2) is 65.7 Å². The van der Waals surface area contributed by atoms with E-state index in [4.69, 9.17) is 16.3 Å². The number of rotatable bonds is 5. The molecule has 1 amide bonds. The van der Waals surface area contributed by atoms with E-state index in [1.807, 2.05) is 18.2 Å². The van der Waals surface area contributed by atoms with E-state index < -0.39 is 0 Å². The summed E-state index contributed by atoms with van der Waals surface area (Å²) in [5.74, 6) is 0.615. The second-order valence-electron chi connectivity index (χ2n) is 5.62. The molecule has 132 valence electrons. The first-order chi connectivity index (χ1) is 12.5. The average molecular weight is 370 g/mol. The van der Waals surface area contributed by atoms with Gasteiger partial charge in [-0.2, -0.15) is 0 Å². The first-order valence-corrected chi connectivity index (χ1v) is 8.20. The van der Waals surface area contributed by atoms with Crippen LogP contribution < -0.4 is 15.6 Å². The van der Waals surface area contributed by atoms with Gasteiger partial charge in [0.25, 0.3) is 5.91 Å². The van der Waals surface area contributed by atoms with Crippen LogP contribution in [0.2, 0.25) is 5.02 Å². The lowest BCUT2D eigenvalue weighted by Crippen LogP contribution is -2.19. The van der Waals surface area contributed by atoms with E-state index in [0.717, 1.165) is 5.56 Å². The number of hydrogen-bond donors (Lipinski definition) is 1. The van der Waals surface area contributed by atoms with Crippen LogP contribution in [0.4, 0.5) is 5.82 Å². The van der Waals surface area contributed by atoms with Crippen molar-refractivity contribution in [3.8, 4) is 5.75 Å². The van der Waals surface area contributed by atoms with Crippen molar-refractivity contribution in [2.24, 2.45) is 7.05 Å². The Morgan fingerprint density at radius 2 is 2.08 bits per heavy atom. The lowest BCUT2D eigenvalue weighted by Gasteiger charge is -2.08. The highest BCUT2D eigenvalue weighted by molar-refractivity contribution is 6.30. The van der Waals surface area contributed by atoms with Gasteiger partial charge in [-0.3, -0.25) is 9.59 Å². The van der Waals surface area contributed by atoms with Gasteiger partial charge in [0.05, 0.1) is 11.8 Å². The molecule has 0 aliphatic heterocycles. The zero-order chi connectivity index (χ0) is 18.5. The Morgan fingerprint density at radius 3 is 2.77 bits per heavy atom. The number of anilines is 1. The van der Waals surface area contributed by atoms with Crippen molar-refractivity contribution in [2.45, 2.75) is 6.61 Å². The minimum absolute atomic E-state index is 0.180. The number of ether oxygens (including phenoxy) is 1. The quantitative estimate of drug-likeness (QED) is 0.749. The maximum atomic E-state index is 12.2. The summed E-state index contributed by atoms with van der Waals surface area (Å²) in [5.41, 5.74) is 1.14. The van der Waals surface area contributed by atoms with E-state index in [1.165, 1.54) is 29.1 Å². The molecule has 0 saturated heterocycles. The second-order valence-corrected chi connectivity index (χ2v) is 6.06. The van der Waals surface area contributed by atoms with Crippen molar-refractivity contribution in [3.63, 3.8) is 0 Å². The number of carbonyl (C=O) groups is 1.